The minimum Gasteiger partial charge on any atom is -0.493 e. The van der Waals surface area contributed by atoms with Gasteiger partial charge in [0.1, 0.15) is 0 Å². The van der Waals surface area contributed by atoms with Crippen LogP contribution in [-0.4, -0.2) is 33.5 Å². The molecule has 0 radical (unpaired) electrons. The summed E-state index contributed by atoms with van der Waals surface area (Å²) in [5.41, 5.74) is 2.11. The molecule has 4 rings (SSSR count). The first-order valence-corrected chi connectivity index (χ1v) is 10.4. The van der Waals surface area contributed by atoms with Crippen LogP contribution in [0.5, 0.6) is 11.5 Å². The Hall–Kier alpha value is -3.69. The molecule has 0 aliphatic heterocycles. The van der Waals surface area contributed by atoms with Gasteiger partial charge in [-0.05, 0) is 43.7 Å². The highest BCUT2D eigenvalue weighted by atomic mass is 35.5. The van der Waals surface area contributed by atoms with E-state index in [1.54, 1.807) is 56.3 Å². The summed E-state index contributed by atoms with van der Waals surface area (Å²) in [7, 11) is 1.43. The lowest BCUT2D eigenvalue weighted by Crippen LogP contribution is -2.20. The van der Waals surface area contributed by atoms with E-state index in [1.165, 1.54) is 7.11 Å². The van der Waals surface area contributed by atoms with Crippen molar-refractivity contribution in [3.63, 3.8) is 0 Å². The SMILES string of the molecule is COc1cc(C(c2c(C)[nH][nH]c2=O)c2c(C)[nH][nH]c2=O)ccc1OC(=O)c1ccccc1Cl.Cl. The van der Waals surface area contributed by atoms with Crippen LogP contribution in [0.15, 0.2) is 52.1 Å². The fourth-order valence-corrected chi connectivity index (χ4v) is 4.03. The first kappa shape index (κ1) is 24.9. The van der Waals surface area contributed by atoms with Crippen LogP contribution in [0.25, 0.3) is 0 Å². The van der Waals surface area contributed by atoms with Crippen LogP contribution >= 0.6 is 24.0 Å². The number of methoxy groups -OCH3 is 1. The number of aryl methyl sites for hydroxylation is 2. The van der Waals surface area contributed by atoms with Crippen LogP contribution in [0.4, 0.5) is 0 Å². The maximum Gasteiger partial charge on any atom is 0.345 e. The summed E-state index contributed by atoms with van der Waals surface area (Å²) in [6.45, 7) is 3.49. The van der Waals surface area contributed by atoms with Crippen molar-refractivity contribution in [2.75, 3.05) is 7.11 Å². The Labute approximate surface area is 204 Å². The number of nitrogens with one attached hydrogen (secondary N) is 4. The first-order valence-electron chi connectivity index (χ1n) is 10.0. The number of aromatic nitrogens is 4. The molecule has 0 unspecified atom stereocenters. The lowest BCUT2D eigenvalue weighted by molar-refractivity contribution is 0.0730. The van der Waals surface area contributed by atoms with Crippen molar-refractivity contribution < 1.29 is 14.3 Å². The average Bonchev–Trinajstić information content (AvgIpc) is 3.31. The Kier molecular flexibility index (Phi) is 7.38. The number of carbonyl (C=O) groups excluding carboxylic acids is 1. The Bertz CT molecular complexity index is 1400. The first-order chi connectivity index (χ1) is 15.8. The van der Waals surface area contributed by atoms with Crippen molar-refractivity contribution in [3.05, 3.63) is 102 Å². The van der Waals surface area contributed by atoms with Crippen LogP contribution < -0.4 is 20.6 Å². The van der Waals surface area contributed by atoms with Gasteiger partial charge in [0.05, 0.1) is 28.8 Å². The quantitative estimate of drug-likeness (QED) is 0.234. The van der Waals surface area contributed by atoms with Crippen molar-refractivity contribution in [3.8, 4) is 11.5 Å². The van der Waals surface area contributed by atoms with Gasteiger partial charge in [0.15, 0.2) is 11.5 Å². The van der Waals surface area contributed by atoms with E-state index in [-0.39, 0.29) is 45.6 Å². The number of H-pyrrole nitrogens is 4. The standard InChI is InChI=1S/C23H21ClN4O5.ClH/c1-11-18(21(29)27-25-11)20(19-12(2)26-28-22(19)30)13-8-9-16(17(10-13)32-3)33-23(31)14-6-4-5-7-15(14)24;/h4-10,20H,1-3H3,(H2,25,27,29)(H2,26,28,30);1H. The van der Waals surface area contributed by atoms with E-state index in [1.807, 2.05) is 0 Å². The number of hydrogen-bond acceptors (Lipinski definition) is 5. The maximum atomic E-state index is 12.6. The van der Waals surface area contributed by atoms with E-state index in [0.29, 0.717) is 28.1 Å². The van der Waals surface area contributed by atoms with E-state index in [0.717, 1.165) is 0 Å². The molecule has 0 bridgehead atoms. The number of ether oxygens (including phenoxy) is 2. The monoisotopic (exact) mass is 504 g/mol. The molecular formula is C23H22Cl2N4O5. The van der Waals surface area contributed by atoms with E-state index in [4.69, 9.17) is 21.1 Å². The van der Waals surface area contributed by atoms with Gasteiger partial charge in [-0.15, -0.1) is 12.4 Å². The predicted molar refractivity (Wildman–Crippen MR) is 130 cm³/mol. The van der Waals surface area contributed by atoms with E-state index < -0.39 is 11.9 Å². The van der Waals surface area contributed by atoms with Crippen molar-refractivity contribution in [2.45, 2.75) is 19.8 Å². The molecule has 0 amide bonds. The molecule has 0 aliphatic carbocycles. The third kappa shape index (κ3) is 4.52. The second-order valence-electron chi connectivity index (χ2n) is 7.45. The second-order valence-corrected chi connectivity index (χ2v) is 7.86. The summed E-state index contributed by atoms with van der Waals surface area (Å²) in [6.07, 6.45) is 0. The number of carbonyl (C=O) groups is 1. The Morgan fingerprint density at radius 2 is 1.47 bits per heavy atom. The van der Waals surface area contributed by atoms with Crippen LogP contribution in [0.2, 0.25) is 5.02 Å². The van der Waals surface area contributed by atoms with Crippen molar-refractivity contribution in [1.29, 1.82) is 0 Å². The predicted octanol–water partition coefficient (Wildman–Crippen LogP) is 3.82. The van der Waals surface area contributed by atoms with Crippen molar-refractivity contribution in [2.24, 2.45) is 0 Å². The number of aromatic amines is 4. The van der Waals surface area contributed by atoms with Crippen LogP contribution in [0.1, 0.15) is 44.4 Å². The highest BCUT2D eigenvalue weighted by Crippen LogP contribution is 2.37. The normalized spacial score (nSPS) is 10.7. The van der Waals surface area contributed by atoms with Gasteiger partial charge < -0.3 is 19.7 Å². The molecule has 0 spiro atoms. The van der Waals surface area contributed by atoms with Crippen LogP contribution in [-0.2, 0) is 0 Å². The molecular weight excluding hydrogens is 483 g/mol. The van der Waals surface area contributed by atoms with Crippen LogP contribution in [0.3, 0.4) is 0 Å². The van der Waals surface area contributed by atoms with Gasteiger partial charge in [0.25, 0.3) is 11.1 Å². The lowest BCUT2D eigenvalue weighted by Gasteiger charge is -2.18. The molecule has 2 aromatic carbocycles. The second kappa shape index (κ2) is 10.1. The average molecular weight is 505 g/mol. The summed E-state index contributed by atoms with van der Waals surface area (Å²) in [6, 6.07) is 11.4. The van der Waals surface area contributed by atoms with Gasteiger partial charge in [0, 0.05) is 17.3 Å². The molecule has 34 heavy (non-hydrogen) atoms. The van der Waals surface area contributed by atoms with E-state index >= 15 is 0 Å². The Morgan fingerprint density at radius 1 is 0.882 bits per heavy atom. The molecule has 11 heteroatoms. The summed E-state index contributed by atoms with van der Waals surface area (Å²) in [5, 5.41) is 11.0. The van der Waals surface area contributed by atoms with Gasteiger partial charge in [0.2, 0.25) is 0 Å². The van der Waals surface area contributed by atoms with Gasteiger partial charge in [-0.1, -0.05) is 29.8 Å². The molecule has 0 saturated carbocycles. The van der Waals surface area contributed by atoms with Gasteiger partial charge in [-0.25, -0.2) is 4.79 Å². The zero-order valence-corrected chi connectivity index (χ0v) is 20.0. The molecule has 4 aromatic rings. The van der Waals surface area contributed by atoms with Gasteiger partial charge in [-0.2, -0.15) is 0 Å². The highest BCUT2D eigenvalue weighted by Gasteiger charge is 2.29. The summed E-state index contributed by atoms with van der Waals surface area (Å²) in [4.78, 5) is 37.8. The summed E-state index contributed by atoms with van der Waals surface area (Å²) < 4.78 is 11.0. The molecule has 9 nitrogen and oxygen atoms in total. The zero-order valence-electron chi connectivity index (χ0n) is 18.4. The largest absolute Gasteiger partial charge is 0.493 e. The fraction of sp³-hybridized carbons (Fsp3) is 0.174. The number of esters is 1. The highest BCUT2D eigenvalue weighted by molar-refractivity contribution is 6.33. The molecule has 2 aromatic heterocycles. The third-order valence-corrected chi connectivity index (χ3v) is 5.75. The smallest absolute Gasteiger partial charge is 0.345 e. The van der Waals surface area contributed by atoms with E-state index in [2.05, 4.69) is 20.4 Å². The number of benzene rings is 2. The minimum atomic E-state index is -0.697. The number of halogens is 2. The molecule has 0 aliphatic rings. The van der Waals surface area contributed by atoms with E-state index in [9.17, 15) is 14.4 Å². The molecule has 2 heterocycles. The fourth-order valence-electron chi connectivity index (χ4n) is 3.81. The Balaban J connectivity index is 0.00000324. The number of hydrogen-bond donors (Lipinski definition) is 4. The van der Waals surface area contributed by atoms with Crippen molar-refractivity contribution in [1.82, 2.24) is 20.4 Å². The Morgan fingerprint density at radius 3 is 1.97 bits per heavy atom. The summed E-state index contributed by atoms with van der Waals surface area (Å²) in [5.74, 6) is -0.910. The maximum absolute atomic E-state index is 12.6. The molecule has 4 N–H and O–H groups in total. The van der Waals surface area contributed by atoms with Crippen molar-refractivity contribution >= 4 is 30.0 Å². The molecule has 0 saturated heterocycles. The third-order valence-electron chi connectivity index (χ3n) is 5.42. The summed E-state index contributed by atoms with van der Waals surface area (Å²) >= 11 is 6.10. The van der Waals surface area contributed by atoms with Gasteiger partial charge >= 0.3 is 5.97 Å². The van der Waals surface area contributed by atoms with Gasteiger partial charge in [-0.3, -0.25) is 19.8 Å². The topological polar surface area (TPSA) is 133 Å². The lowest BCUT2D eigenvalue weighted by atomic mass is 9.85. The molecule has 178 valence electrons. The number of rotatable bonds is 6. The molecule has 0 fully saturated rings. The van der Waals surface area contributed by atoms with Crippen LogP contribution in [0, 0.1) is 13.8 Å². The minimum absolute atomic E-state index is 0. The zero-order chi connectivity index (χ0) is 23.7. The molecule has 0 atom stereocenters.